The summed E-state index contributed by atoms with van der Waals surface area (Å²) in [5, 5.41) is 8.70. The molecule has 0 radical (unpaired) electrons. The van der Waals surface area contributed by atoms with Crippen molar-refractivity contribution in [2.24, 2.45) is 11.5 Å². The highest BCUT2D eigenvalue weighted by Crippen LogP contribution is 2.19. The number of hydrogen-bond acceptors (Lipinski definition) is 4. The van der Waals surface area contributed by atoms with E-state index < -0.39 is 18.1 Å². The zero-order chi connectivity index (χ0) is 11.4. The van der Waals surface area contributed by atoms with E-state index in [-0.39, 0.29) is 0 Å². The van der Waals surface area contributed by atoms with E-state index >= 15 is 0 Å². The van der Waals surface area contributed by atoms with Crippen molar-refractivity contribution in [1.29, 1.82) is 0 Å². The summed E-state index contributed by atoms with van der Waals surface area (Å²) < 4.78 is 5.00. The van der Waals surface area contributed by atoms with Crippen molar-refractivity contribution >= 4 is 5.97 Å². The first-order chi connectivity index (χ1) is 7.06. The Labute approximate surface area is 87.6 Å². The standard InChI is InChI=1S/C10H14N2O3/c1-15-7-4-2-3-6(5-7)8(11)9(12)10(13)14/h2-5,8-9H,11-12H2,1H3,(H,13,14). The van der Waals surface area contributed by atoms with Crippen molar-refractivity contribution in [1.82, 2.24) is 0 Å². The van der Waals surface area contributed by atoms with Crippen LogP contribution in [0.25, 0.3) is 0 Å². The van der Waals surface area contributed by atoms with E-state index in [1.54, 1.807) is 24.3 Å². The summed E-state index contributed by atoms with van der Waals surface area (Å²) in [6, 6.07) is 5.03. The average molecular weight is 210 g/mol. The normalized spacial score (nSPS) is 14.3. The molecule has 0 spiro atoms. The van der Waals surface area contributed by atoms with Gasteiger partial charge in [-0.25, -0.2) is 0 Å². The minimum Gasteiger partial charge on any atom is -0.497 e. The first kappa shape index (κ1) is 11.5. The molecule has 0 amide bonds. The summed E-state index contributed by atoms with van der Waals surface area (Å²) in [7, 11) is 1.53. The van der Waals surface area contributed by atoms with Crippen LogP contribution in [0.4, 0.5) is 0 Å². The lowest BCUT2D eigenvalue weighted by Crippen LogP contribution is -2.40. The summed E-state index contributed by atoms with van der Waals surface area (Å²) in [6.07, 6.45) is 0. The van der Waals surface area contributed by atoms with Crippen LogP contribution in [0.15, 0.2) is 24.3 Å². The third-order valence-corrected chi connectivity index (χ3v) is 2.15. The zero-order valence-corrected chi connectivity index (χ0v) is 8.38. The van der Waals surface area contributed by atoms with Crippen molar-refractivity contribution in [3.8, 4) is 5.75 Å². The van der Waals surface area contributed by atoms with Gasteiger partial charge in [-0.3, -0.25) is 4.79 Å². The Kier molecular flexibility index (Phi) is 3.65. The van der Waals surface area contributed by atoms with E-state index in [0.29, 0.717) is 11.3 Å². The SMILES string of the molecule is COc1cccc(C(N)C(N)C(=O)O)c1. The number of methoxy groups -OCH3 is 1. The lowest BCUT2D eigenvalue weighted by Gasteiger charge is -2.16. The van der Waals surface area contributed by atoms with Crippen LogP contribution >= 0.6 is 0 Å². The van der Waals surface area contributed by atoms with Gasteiger partial charge in [0, 0.05) is 0 Å². The van der Waals surface area contributed by atoms with E-state index in [1.165, 1.54) is 7.11 Å². The molecule has 0 saturated carbocycles. The molecule has 0 aliphatic rings. The number of carboxylic acid groups (broad SMARTS) is 1. The number of carbonyl (C=O) groups is 1. The van der Waals surface area contributed by atoms with Crippen LogP contribution in [0.1, 0.15) is 11.6 Å². The Morgan fingerprint density at radius 3 is 2.67 bits per heavy atom. The molecule has 5 N–H and O–H groups in total. The molecule has 1 aromatic rings. The quantitative estimate of drug-likeness (QED) is 0.655. The lowest BCUT2D eigenvalue weighted by molar-refractivity contribution is -0.139. The molecule has 0 aliphatic carbocycles. The largest absolute Gasteiger partial charge is 0.497 e. The molecule has 0 fully saturated rings. The maximum Gasteiger partial charge on any atom is 0.322 e. The number of ether oxygens (including phenoxy) is 1. The van der Waals surface area contributed by atoms with Crippen LogP contribution in [-0.4, -0.2) is 24.2 Å². The van der Waals surface area contributed by atoms with Gasteiger partial charge >= 0.3 is 5.97 Å². The third-order valence-electron chi connectivity index (χ3n) is 2.15. The molecule has 0 aromatic heterocycles. The van der Waals surface area contributed by atoms with E-state index in [1.807, 2.05) is 0 Å². The molecule has 2 atom stereocenters. The van der Waals surface area contributed by atoms with Gasteiger partial charge in [-0.15, -0.1) is 0 Å². The number of nitrogens with two attached hydrogens (primary N) is 2. The van der Waals surface area contributed by atoms with E-state index in [0.717, 1.165) is 0 Å². The predicted octanol–water partition coefficient (Wildman–Crippen LogP) is 0.107. The molecular weight excluding hydrogens is 196 g/mol. The van der Waals surface area contributed by atoms with Gasteiger partial charge in [0.1, 0.15) is 11.8 Å². The Morgan fingerprint density at radius 2 is 2.13 bits per heavy atom. The van der Waals surface area contributed by atoms with Crippen molar-refractivity contribution in [3.63, 3.8) is 0 Å². The fourth-order valence-corrected chi connectivity index (χ4v) is 1.21. The van der Waals surface area contributed by atoms with Crippen molar-refractivity contribution in [3.05, 3.63) is 29.8 Å². The van der Waals surface area contributed by atoms with Crippen molar-refractivity contribution in [2.45, 2.75) is 12.1 Å². The van der Waals surface area contributed by atoms with E-state index in [2.05, 4.69) is 0 Å². The first-order valence-electron chi connectivity index (χ1n) is 4.44. The Morgan fingerprint density at radius 1 is 1.47 bits per heavy atom. The fourth-order valence-electron chi connectivity index (χ4n) is 1.21. The molecule has 2 unspecified atom stereocenters. The van der Waals surface area contributed by atoms with Gasteiger partial charge in [0.25, 0.3) is 0 Å². The highest BCUT2D eigenvalue weighted by molar-refractivity contribution is 5.74. The molecule has 15 heavy (non-hydrogen) atoms. The molecular formula is C10H14N2O3. The highest BCUT2D eigenvalue weighted by Gasteiger charge is 2.22. The second-order valence-electron chi connectivity index (χ2n) is 3.17. The molecule has 82 valence electrons. The number of rotatable bonds is 4. The summed E-state index contributed by atoms with van der Waals surface area (Å²) in [5.41, 5.74) is 11.8. The molecule has 5 nitrogen and oxygen atoms in total. The van der Waals surface area contributed by atoms with Gasteiger partial charge in [-0.05, 0) is 17.7 Å². The van der Waals surface area contributed by atoms with Gasteiger partial charge in [0.15, 0.2) is 0 Å². The molecule has 1 rings (SSSR count). The van der Waals surface area contributed by atoms with Crippen LogP contribution in [0.3, 0.4) is 0 Å². The van der Waals surface area contributed by atoms with Crippen LogP contribution in [0, 0.1) is 0 Å². The van der Waals surface area contributed by atoms with Crippen LogP contribution in [0.2, 0.25) is 0 Å². The Bertz CT molecular complexity index is 354. The molecule has 0 bridgehead atoms. The molecule has 1 aromatic carbocycles. The summed E-state index contributed by atoms with van der Waals surface area (Å²) in [5.74, 6) is -0.495. The van der Waals surface area contributed by atoms with Crippen LogP contribution in [-0.2, 0) is 4.79 Å². The number of benzene rings is 1. The molecule has 0 saturated heterocycles. The topological polar surface area (TPSA) is 98.6 Å². The molecule has 0 aliphatic heterocycles. The fraction of sp³-hybridized carbons (Fsp3) is 0.300. The molecule has 5 heteroatoms. The number of carboxylic acids is 1. The monoisotopic (exact) mass is 210 g/mol. The average Bonchev–Trinajstić information content (AvgIpc) is 2.27. The predicted molar refractivity (Wildman–Crippen MR) is 55.5 cm³/mol. The minimum absolute atomic E-state index is 0.625. The van der Waals surface area contributed by atoms with Gasteiger partial charge in [-0.2, -0.15) is 0 Å². The van der Waals surface area contributed by atoms with Gasteiger partial charge < -0.3 is 21.3 Å². The van der Waals surface area contributed by atoms with E-state index in [9.17, 15) is 4.79 Å². The highest BCUT2D eigenvalue weighted by atomic mass is 16.5. The van der Waals surface area contributed by atoms with Crippen molar-refractivity contribution < 1.29 is 14.6 Å². The van der Waals surface area contributed by atoms with Gasteiger partial charge in [0.2, 0.25) is 0 Å². The summed E-state index contributed by atoms with van der Waals surface area (Å²) in [4.78, 5) is 10.6. The maximum atomic E-state index is 10.6. The Hall–Kier alpha value is -1.59. The zero-order valence-electron chi connectivity index (χ0n) is 8.38. The Balaban J connectivity index is 2.90. The minimum atomic E-state index is -1.12. The second kappa shape index (κ2) is 4.77. The number of hydrogen-bond donors (Lipinski definition) is 3. The maximum absolute atomic E-state index is 10.6. The first-order valence-corrected chi connectivity index (χ1v) is 4.44. The van der Waals surface area contributed by atoms with Crippen LogP contribution in [0.5, 0.6) is 5.75 Å². The summed E-state index contributed by atoms with van der Waals surface area (Å²) >= 11 is 0. The summed E-state index contributed by atoms with van der Waals surface area (Å²) in [6.45, 7) is 0. The molecule has 0 heterocycles. The second-order valence-corrected chi connectivity index (χ2v) is 3.17. The van der Waals surface area contributed by atoms with Gasteiger partial charge in [0.05, 0.1) is 13.2 Å². The third kappa shape index (κ3) is 2.68. The number of aliphatic carboxylic acids is 1. The van der Waals surface area contributed by atoms with Crippen LogP contribution < -0.4 is 16.2 Å². The lowest BCUT2D eigenvalue weighted by atomic mass is 10.0. The van der Waals surface area contributed by atoms with Crippen molar-refractivity contribution in [2.75, 3.05) is 7.11 Å². The van der Waals surface area contributed by atoms with Gasteiger partial charge in [-0.1, -0.05) is 12.1 Å². The van der Waals surface area contributed by atoms with E-state index in [4.69, 9.17) is 21.3 Å². The smallest absolute Gasteiger partial charge is 0.322 e.